The Morgan fingerprint density at radius 2 is 1.82 bits per heavy atom. The summed E-state index contributed by atoms with van der Waals surface area (Å²) in [6.45, 7) is 2.04. The standard InChI is InChI=1S/C16H21ClN2O2.ClH/c1-18-9-6-15(20)19-10-7-13(8-11-19)16(21)12-2-4-14(17)5-3-12;/h2-5,13,18H,6-11H2,1H3;1H. The minimum absolute atomic E-state index is 0. The molecular formula is C16H22Cl2N2O2. The van der Waals surface area contributed by atoms with Gasteiger partial charge in [0.25, 0.3) is 0 Å². The van der Waals surface area contributed by atoms with Crippen LogP contribution < -0.4 is 5.32 Å². The van der Waals surface area contributed by atoms with Crippen molar-refractivity contribution >= 4 is 35.7 Å². The van der Waals surface area contributed by atoms with Crippen LogP contribution in [0.2, 0.25) is 5.02 Å². The molecule has 4 nitrogen and oxygen atoms in total. The molecule has 0 aromatic heterocycles. The van der Waals surface area contributed by atoms with Crippen molar-refractivity contribution in [1.82, 2.24) is 10.2 Å². The van der Waals surface area contributed by atoms with Crippen LogP contribution in [-0.2, 0) is 4.79 Å². The highest BCUT2D eigenvalue weighted by Gasteiger charge is 2.27. The normalized spacial score (nSPS) is 15.3. The fourth-order valence-corrected chi connectivity index (χ4v) is 2.76. The van der Waals surface area contributed by atoms with Gasteiger partial charge in [-0.1, -0.05) is 11.6 Å². The maximum absolute atomic E-state index is 12.4. The molecule has 6 heteroatoms. The van der Waals surface area contributed by atoms with E-state index in [0.29, 0.717) is 36.6 Å². The first-order valence-corrected chi connectivity index (χ1v) is 7.71. The molecule has 1 saturated heterocycles. The van der Waals surface area contributed by atoms with E-state index in [1.54, 1.807) is 24.3 Å². The number of hydrogen-bond donors (Lipinski definition) is 1. The van der Waals surface area contributed by atoms with Crippen LogP contribution in [0.3, 0.4) is 0 Å². The van der Waals surface area contributed by atoms with Crippen LogP contribution in [0, 0.1) is 5.92 Å². The van der Waals surface area contributed by atoms with E-state index in [9.17, 15) is 9.59 Å². The van der Waals surface area contributed by atoms with E-state index >= 15 is 0 Å². The topological polar surface area (TPSA) is 49.4 Å². The van der Waals surface area contributed by atoms with Crippen molar-refractivity contribution in [2.45, 2.75) is 19.3 Å². The lowest BCUT2D eigenvalue weighted by Crippen LogP contribution is -2.41. The van der Waals surface area contributed by atoms with Gasteiger partial charge in [0.05, 0.1) is 0 Å². The summed E-state index contributed by atoms with van der Waals surface area (Å²) < 4.78 is 0. The number of benzene rings is 1. The molecule has 1 amide bonds. The van der Waals surface area contributed by atoms with Crippen molar-refractivity contribution in [2.75, 3.05) is 26.7 Å². The number of likely N-dealkylation sites (tertiary alicyclic amines) is 1. The molecule has 1 aromatic carbocycles. The zero-order chi connectivity index (χ0) is 15.2. The summed E-state index contributed by atoms with van der Waals surface area (Å²) in [6, 6.07) is 7.03. The Hall–Kier alpha value is -1.10. The van der Waals surface area contributed by atoms with E-state index in [4.69, 9.17) is 11.6 Å². The number of ketones is 1. The van der Waals surface area contributed by atoms with Gasteiger partial charge in [-0.15, -0.1) is 12.4 Å². The molecule has 122 valence electrons. The van der Waals surface area contributed by atoms with Crippen molar-refractivity contribution < 1.29 is 9.59 Å². The molecule has 1 fully saturated rings. The number of nitrogens with zero attached hydrogens (tertiary/aromatic N) is 1. The molecule has 1 aliphatic heterocycles. The van der Waals surface area contributed by atoms with E-state index in [1.807, 2.05) is 11.9 Å². The van der Waals surface area contributed by atoms with Gasteiger partial charge in [-0.3, -0.25) is 9.59 Å². The summed E-state index contributed by atoms with van der Waals surface area (Å²) >= 11 is 5.84. The van der Waals surface area contributed by atoms with Crippen LogP contribution in [0.1, 0.15) is 29.6 Å². The smallest absolute Gasteiger partial charge is 0.223 e. The largest absolute Gasteiger partial charge is 0.343 e. The van der Waals surface area contributed by atoms with Gasteiger partial charge in [-0.05, 0) is 44.2 Å². The highest BCUT2D eigenvalue weighted by molar-refractivity contribution is 6.30. The van der Waals surface area contributed by atoms with Crippen LogP contribution in [0.15, 0.2) is 24.3 Å². The number of piperidine rings is 1. The first-order valence-electron chi connectivity index (χ1n) is 7.34. The summed E-state index contributed by atoms with van der Waals surface area (Å²) in [6.07, 6.45) is 2.01. The van der Waals surface area contributed by atoms with Gasteiger partial charge in [0, 0.05) is 42.6 Å². The van der Waals surface area contributed by atoms with Gasteiger partial charge in [0.2, 0.25) is 5.91 Å². The van der Waals surface area contributed by atoms with Crippen molar-refractivity contribution in [2.24, 2.45) is 5.92 Å². The quantitative estimate of drug-likeness (QED) is 0.835. The maximum Gasteiger partial charge on any atom is 0.223 e. The second-order valence-corrected chi connectivity index (χ2v) is 5.82. The number of halogens is 2. The molecule has 0 saturated carbocycles. The lowest BCUT2D eigenvalue weighted by molar-refractivity contribution is -0.132. The number of carbonyl (C=O) groups is 2. The van der Waals surface area contributed by atoms with Gasteiger partial charge >= 0.3 is 0 Å². The third-order valence-electron chi connectivity index (χ3n) is 3.94. The Labute approximate surface area is 142 Å². The predicted octanol–water partition coefficient (Wildman–Crippen LogP) is 2.79. The first kappa shape index (κ1) is 18.9. The van der Waals surface area contributed by atoms with Crippen molar-refractivity contribution in [1.29, 1.82) is 0 Å². The average Bonchev–Trinajstić information content (AvgIpc) is 2.53. The molecular weight excluding hydrogens is 323 g/mol. The Balaban J connectivity index is 0.00000242. The second-order valence-electron chi connectivity index (χ2n) is 5.38. The number of carbonyl (C=O) groups excluding carboxylic acids is 2. The van der Waals surface area contributed by atoms with Crippen LogP contribution >= 0.6 is 24.0 Å². The number of hydrogen-bond acceptors (Lipinski definition) is 3. The molecule has 0 spiro atoms. The van der Waals surface area contributed by atoms with E-state index in [2.05, 4.69) is 5.32 Å². The Morgan fingerprint density at radius 1 is 1.23 bits per heavy atom. The molecule has 0 bridgehead atoms. The van der Waals surface area contributed by atoms with Gasteiger partial charge in [0.1, 0.15) is 0 Å². The number of Topliss-reactive ketones (excluding diaryl/α,β-unsaturated/α-hetero) is 1. The summed E-state index contributed by atoms with van der Waals surface area (Å²) in [5.74, 6) is 0.343. The SMILES string of the molecule is CNCCC(=O)N1CCC(C(=O)c2ccc(Cl)cc2)CC1.Cl. The number of nitrogens with one attached hydrogen (secondary N) is 1. The zero-order valence-electron chi connectivity index (χ0n) is 12.7. The average molecular weight is 345 g/mol. The number of amides is 1. The molecule has 0 unspecified atom stereocenters. The van der Waals surface area contributed by atoms with Crippen LogP contribution in [0.4, 0.5) is 0 Å². The van der Waals surface area contributed by atoms with Crippen molar-refractivity contribution in [3.63, 3.8) is 0 Å². The van der Waals surface area contributed by atoms with Gasteiger partial charge in [0.15, 0.2) is 5.78 Å². The van der Waals surface area contributed by atoms with E-state index < -0.39 is 0 Å². The minimum atomic E-state index is 0. The zero-order valence-corrected chi connectivity index (χ0v) is 14.3. The molecule has 1 N–H and O–H groups in total. The summed E-state index contributed by atoms with van der Waals surface area (Å²) in [7, 11) is 1.84. The molecule has 1 aromatic rings. The highest BCUT2D eigenvalue weighted by atomic mass is 35.5. The molecule has 1 heterocycles. The molecule has 22 heavy (non-hydrogen) atoms. The lowest BCUT2D eigenvalue weighted by atomic mass is 9.89. The van der Waals surface area contributed by atoms with E-state index in [-0.39, 0.29) is 30.0 Å². The monoisotopic (exact) mass is 344 g/mol. The third kappa shape index (κ3) is 4.97. The molecule has 0 radical (unpaired) electrons. The Morgan fingerprint density at radius 3 is 2.36 bits per heavy atom. The van der Waals surface area contributed by atoms with Gasteiger partial charge in [-0.25, -0.2) is 0 Å². The predicted molar refractivity (Wildman–Crippen MR) is 90.9 cm³/mol. The third-order valence-corrected chi connectivity index (χ3v) is 4.19. The fourth-order valence-electron chi connectivity index (χ4n) is 2.63. The second kappa shape index (κ2) is 9.13. The van der Waals surface area contributed by atoms with Crippen molar-refractivity contribution in [3.05, 3.63) is 34.9 Å². The minimum Gasteiger partial charge on any atom is -0.343 e. The number of rotatable bonds is 5. The van der Waals surface area contributed by atoms with Gasteiger partial charge < -0.3 is 10.2 Å². The first-order chi connectivity index (χ1) is 10.1. The van der Waals surface area contributed by atoms with Crippen LogP contribution in [-0.4, -0.2) is 43.3 Å². The van der Waals surface area contributed by atoms with E-state index in [0.717, 1.165) is 12.8 Å². The van der Waals surface area contributed by atoms with Crippen LogP contribution in [0.5, 0.6) is 0 Å². The fraction of sp³-hybridized carbons (Fsp3) is 0.500. The van der Waals surface area contributed by atoms with Crippen LogP contribution in [0.25, 0.3) is 0 Å². The summed E-state index contributed by atoms with van der Waals surface area (Å²) in [5, 5.41) is 3.61. The molecule has 0 aliphatic carbocycles. The molecule has 2 rings (SSSR count). The summed E-state index contributed by atoms with van der Waals surface area (Å²) in [5.41, 5.74) is 0.708. The van der Waals surface area contributed by atoms with E-state index in [1.165, 1.54) is 0 Å². The Bertz CT molecular complexity index is 497. The molecule has 0 atom stereocenters. The van der Waals surface area contributed by atoms with Gasteiger partial charge in [-0.2, -0.15) is 0 Å². The Kier molecular flexibility index (Phi) is 7.87. The van der Waals surface area contributed by atoms with Crippen molar-refractivity contribution in [3.8, 4) is 0 Å². The highest BCUT2D eigenvalue weighted by Crippen LogP contribution is 2.23. The summed E-state index contributed by atoms with van der Waals surface area (Å²) in [4.78, 5) is 26.2. The molecule has 1 aliphatic rings. The lowest BCUT2D eigenvalue weighted by Gasteiger charge is -2.31. The maximum atomic E-state index is 12.4.